The van der Waals surface area contributed by atoms with E-state index in [9.17, 15) is 18.0 Å². The van der Waals surface area contributed by atoms with Gasteiger partial charge in [0, 0.05) is 16.1 Å². The summed E-state index contributed by atoms with van der Waals surface area (Å²) in [6, 6.07) is 6.88. The number of anilines is 1. The molecule has 0 fully saturated rings. The van der Waals surface area contributed by atoms with E-state index in [2.05, 4.69) is 10.3 Å². The quantitative estimate of drug-likeness (QED) is 0.884. The first kappa shape index (κ1) is 16.6. The molecule has 3 rings (SSSR count). The van der Waals surface area contributed by atoms with Crippen molar-refractivity contribution in [2.24, 2.45) is 0 Å². The second-order valence-corrected chi connectivity index (χ2v) is 5.95. The number of halogens is 4. The zero-order chi connectivity index (χ0) is 17.7. The second-order valence-electron chi connectivity index (χ2n) is 5.51. The maximum Gasteiger partial charge on any atom is 0.433 e. The lowest BCUT2D eigenvalue weighted by atomic mass is 9.77. The average molecular weight is 357 g/mol. The van der Waals surface area contributed by atoms with Gasteiger partial charge < -0.3 is 10.1 Å². The predicted molar refractivity (Wildman–Crippen MR) is 82.3 cm³/mol. The van der Waals surface area contributed by atoms with E-state index in [0.717, 1.165) is 6.07 Å². The number of hydrogen-bond acceptors (Lipinski definition) is 3. The molecule has 1 aromatic heterocycles. The maximum atomic E-state index is 12.8. The summed E-state index contributed by atoms with van der Waals surface area (Å²) in [7, 11) is 1.44. The van der Waals surface area contributed by atoms with E-state index >= 15 is 0 Å². The van der Waals surface area contributed by atoms with Crippen LogP contribution in [0.4, 0.5) is 19.0 Å². The van der Waals surface area contributed by atoms with Crippen molar-refractivity contribution in [2.45, 2.75) is 18.5 Å². The molecule has 2 heterocycles. The first-order valence-corrected chi connectivity index (χ1v) is 7.30. The largest absolute Gasteiger partial charge is 0.496 e. The fourth-order valence-corrected chi connectivity index (χ4v) is 2.98. The molecule has 1 amide bonds. The fraction of sp³-hybridized carbons (Fsp3) is 0.250. The van der Waals surface area contributed by atoms with Gasteiger partial charge in [-0.1, -0.05) is 17.7 Å². The van der Waals surface area contributed by atoms with Crippen LogP contribution in [-0.4, -0.2) is 18.0 Å². The number of fused-ring (bicyclic) bond motifs is 1. The highest BCUT2D eigenvalue weighted by molar-refractivity contribution is 6.30. The number of alkyl halides is 3. The highest BCUT2D eigenvalue weighted by Crippen LogP contribution is 2.46. The Bertz CT molecular complexity index is 839. The van der Waals surface area contributed by atoms with Gasteiger partial charge >= 0.3 is 6.18 Å². The average Bonchev–Trinajstić information content (AvgIpc) is 2.78. The Morgan fingerprint density at radius 1 is 1.21 bits per heavy atom. The minimum Gasteiger partial charge on any atom is -0.496 e. The van der Waals surface area contributed by atoms with E-state index in [1.54, 1.807) is 25.1 Å². The van der Waals surface area contributed by atoms with Crippen LogP contribution in [0.25, 0.3) is 0 Å². The molecule has 8 heteroatoms. The van der Waals surface area contributed by atoms with E-state index in [1.165, 1.54) is 13.2 Å². The fourth-order valence-electron chi connectivity index (χ4n) is 2.81. The minimum absolute atomic E-state index is 0.112. The van der Waals surface area contributed by atoms with Gasteiger partial charge in [0.25, 0.3) is 0 Å². The van der Waals surface area contributed by atoms with Gasteiger partial charge in [0.2, 0.25) is 5.91 Å². The number of amides is 1. The lowest BCUT2D eigenvalue weighted by Gasteiger charge is -2.25. The Morgan fingerprint density at radius 2 is 1.92 bits per heavy atom. The highest BCUT2D eigenvalue weighted by atomic mass is 35.5. The summed E-state index contributed by atoms with van der Waals surface area (Å²) < 4.78 is 43.8. The summed E-state index contributed by atoms with van der Waals surface area (Å²) in [5.74, 6) is -0.200. The molecule has 1 unspecified atom stereocenters. The molecule has 4 nitrogen and oxygen atoms in total. The van der Waals surface area contributed by atoms with Gasteiger partial charge in [-0.2, -0.15) is 13.2 Å². The van der Waals surface area contributed by atoms with Gasteiger partial charge in [-0.15, -0.1) is 0 Å². The molecule has 0 radical (unpaired) electrons. The number of rotatable bonds is 2. The number of methoxy groups -OCH3 is 1. The number of nitrogens with one attached hydrogen (secondary N) is 1. The normalized spacial score (nSPS) is 19.8. The Labute approximate surface area is 140 Å². The monoisotopic (exact) mass is 356 g/mol. The molecule has 2 aromatic rings. The molecule has 1 atom stereocenters. The van der Waals surface area contributed by atoms with E-state index in [1.807, 2.05) is 0 Å². The minimum atomic E-state index is -4.59. The van der Waals surface area contributed by atoms with Crippen LogP contribution in [0.3, 0.4) is 0 Å². The summed E-state index contributed by atoms with van der Waals surface area (Å²) in [5.41, 5.74) is -1.54. The van der Waals surface area contributed by atoms with E-state index < -0.39 is 23.2 Å². The SMILES string of the molecule is COc1ccc(Cl)cc1C1(C)C(=O)Nc2nc(C(F)(F)F)ccc21. The number of aromatic nitrogens is 1. The lowest BCUT2D eigenvalue weighted by molar-refractivity contribution is -0.141. The number of hydrogen-bond donors (Lipinski definition) is 1. The number of carbonyl (C=O) groups excluding carboxylic acids is 1. The zero-order valence-corrected chi connectivity index (χ0v) is 13.4. The number of pyridine rings is 1. The highest BCUT2D eigenvalue weighted by Gasteiger charge is 2.48. The lowest BCUT2D eigenvalue weighted by Crippen LogP contribution is -2.32. The molecule has 1 aliphatic rings. The van der Waals surface area contributed by atoms with Crippen LogP contribution in [0.15, 0.2) is 30.3 Å². The summed E-state index contributed by atoms with van der Waals surface area (Å²) in [4.78, 5) is 16.1. The molecule has 1 aromatic carbocycles. The van der Waals surface area contributed by atoms with Crippen molar-refractivity contribution < 1.29 is 22.7 Å². The zero-order valence-electron chi connectivity index (χ0n) is 12.7. The standard InChI is InChI=1S/C16H12ClF3N2O2/c1-15(10-7-8(17)3-5-11(10)24-2)9-4-6-12(16(18,19)20)21-13(9)22-14(15)23/h3-7H,1-2H3,(H,21,22,23). The van der Waals surface area contributed by atoms with Crippen LogP contribution in [-0.2, 0) is 16.4 Å². The topological polar surface area (TPSA) is 51.2 Å². The van der Waals surface area contributed by atoms with E-state index in [-0.39, 0.29) is 5.82 Å². The molecule has 0 aliphatic carbocycles. The van der Waals surface area contributed by atoms with E-state index in [4.69, 9.17) is 16.3 Å². The van der Waals surface area contributed by atoms with Crippen LogP contribution < -0.4 is 10.1 Å². The molecule has 1 aliphatic heterocycles. The number of nitrogens with zero attached hydrogens (tertiary/aromatic N) is 1. The van der Waals surface area contributed by atoms with Crippen molar-refractivity contribution in [2.75, 3.05) is 12.4 Å². The third-order valence-electron chi connectivity index (χ3n) is 4.11. The van der Waals surface area contributed by atoms with Gasteiger partial charge in [0.15, 0.2) is 0 Å². The van der Waals surface area contributed by atoms with Gasteiger partial charge in [-0.3, -0.25) is 4.79 Å². The molecular formula is C16H12ClF3N2O2. The van der Waals surface area contributed by atoms with Crippen LogP contribution in [0.2, 0.25) is 5.02 Å². The van der Waals surface area contributed by atoms with Gasteiger partial charge in [0.05, 0.1) is 7.11 Å². The molecule has 0 saturated heterocycles. The van der Waals surface area contributed by atoms with Crippen LogP contribution in [0.1, 0.15) is 23.7 Å². The number of benzene rings is 1. The van der Waals surface area contributed by atoms with Crippen molar-refractivity contribution >= 4 is 23.3 Å². The molecule has 0 saturated carbocycles. The van der Waals surface area contributed by atoms with Gasteiger partial charge in [0.1, 0.15) is 22.7 Å². The van der Waals surface area contributed by atoms with Crippen LogP contribution >= 0.6 is 11.6 Å². The Kier molecular flexibility index (Phi) is 3.71. The van der Waals surface area contributed by atoms with Gasteiger partial charge in [-0.05, 0) is 31.2 Å². The van der Waals surface area contributed by atoms with Gasteiger partial charge in [-0.25, -0.2) is 4.98 Å². The van der Waals surface area contributed by atoms with Crippen molar-refractivity contribution in [1.29, 1.82) is 0 Å². The third kappa shape index (κ3) is 2.39. The third-order valence-corrected chi connectivity index (χ3v) is 4.35. The molecule has 0 bridgehead atoms. The smallest absolute Gasteiger partial charge is 0.433 e. The second kappa shape index (κ2) is 5.37. The molecule has 0 spiro atoms. The van der Waals surface area contributed by atoms with Crippen molar-refractivity contribution in [3.05, 3.63) is 52.2 Å². The summed E-state index contributed by atoms with van der Waals surface area (Å²) in [6.45, 7) is 1.59. The molecule has 126 valence electrons. The number of ether oxygens (including phenoxy) is 1. The number of carbonyl (C=O) groups is 1. The molecule has 24 heavy (non-hydrogen) atoms. The molecule has 1 N–H and O–H groups in total. The molecular weight excluding hydrogens is 345 g/mol. The Hall–Kier alpha value is -2.28. The predicted octanol–water partition coefficient (Wildman–Crippen LogP) is 4.02. The van der Waals surface area contributed by atoms with Crippen LogP contribution in [0.5, 0.6) is 5.75 Å². The van der Waals surface area contributed by atoms with E-state index in [0.29, 0.717) is 21.9 Å². The first-order valence-electron chi connectivity index (χ1n) is 6.92. The Balaban J connectivity index is 2.21. The summed E-state index contributed by atoms with van der Waals surface area (Å²) in [6.07, 6.45) is -4.59. The summed E-state index contributed by atoms with van der Waals surface area (Å²) in [5, 5.41) is 2.80. The van der Waals surface area contributed by atoms with Crippen molar-refractivity contribution in [3.8, 4) is 5.75 Å². The first-order chi connectivity index (χ1) is 11.2. The summed E-state index contributed by atoms with van der Waals surface area (Å²) >= 11 is 6.02. The van der Waals surface area contributed by atoms with Crippen molar-refractivity contribution in [1.82, 2.24) is 4.98 Å². The maximum absolute atomic E-state index is 12.8. The Morgan fingerprint density at radius 3 is 2.54 bits per heavy atom. The van der Waals surface area contributed by atoms with Crippen molar-refractivity contribution in [3.63, 3.8) is 0 Å². The van der Waals surface area contributed by atoms with Crippen LogP contribution in [0, 0.1) is 0 Å².